The molecule has 0 aliphatic heterocycles. The Hall–Kier alpha value is -2.59. The molecule has 0 saturated heterocycles. The first-order valence-electron chi connectivity index (χ1n) is 7.45. The minimum Gasteiger partial charge on any atom is -0.428 e. The first-order valence-corrected chi connectivity index (χ1v) is 7.45. The van der Waals surface area contributed by atoms with E-state index in [9.17, 15) is 52.7 Å². The predicted molar refractivity (Wildman–Crippen MR) is 77.3 cm³/mol. The van der Waals surface area contributed by atoms with E-state index in [2.05, 4.69) is 4.74 Å². The van der Waals surface area contributed by atoms with Gasteiger partial charge in [-0.2, -0.15) is 40.4 Å². The Bertz CT molecular complexity index is 784. The van der Waals surface area contributed by atoms with Gasteiger partial charge in [-0.15, -0.1) is 0 Å². The second kappa shape index (κ2) is 8.65. The molecule has 14 heteroatoms. The summed E-state index contributed by atoms with van der Waals surface area (Å²) in [6.45, 7) is 0. The number of hydrogen-bond acceptors (Lipinski definition) is 2. The summed E-state index contributed by atoms with van der Waals surface area (Å²) in [7, 11) is 0. The first-order chi connectivity index (χ1) is 13.5. The van der Waals surface area contributed by atoms with E-state index in [1.54, 1.807) is 6.07 Å². The van der Waals surface area contributed by atoms with Crippen LogP contribution in [0, 0.1) is 11.3 Å². The molecule has 0 aliphatic rings. The molecule has 2 atom stereocenters. The number of alkyl halides is 12. The molecule has 2 nitrogen and oxygen atoms in total. The SMILES string of the molecule is N#CC=Cc1ccc(OC(F)(F)C(F)(F)C(F)(F)C(F)(F)C(F)C(F)C(F)F)cc1. The van der Waals surface area contributed by atoms with Gasteiger partial charge in [-0.25, -0.2) is 17.6 Å². The van der Waals surface area contributed by atoms with E-state index < -0.39 is 48.4 Å². The van der Waals surface area contributed by atoms with Crippen molar-refractivity contribution in [2.45, 2.75) is 42.6 Å². The van der Waals surface area contributed by atoms with E-state index in [1.807, 2.05) is 0 Å². The molecule has 1 rings (SSSR count). The summed E-state index contributed by atoms with van der Waals surface area (Å²) >= 11 is 0. The predicted octanol–water partition coefficient (Wildman–Crippen LogP) is 6.04. The van der Waals surface area contributed by atoms with Crippen molar-refractivity contribution < 1.29 is 57.4 Å². The molecule has 0 radical (unpaired) electrons. The Kier molecular flexibility index (Phi) is 7.33. The highest BCUT2D eigenvalue weighted by Gasteiger charge is 2.84. The zero-order valence-corrected chi connectivity index (χ0v) is 14.1. The van der Waals surface area contributed by atoms with E-state index in [4.69, 9.17) is 5.26 Å². The van der Waals surface area contributed by atoms with Gasteiger partial charge in [0.05, 0.1) is 6.07 Å². The van der Waals surface area contributed by atoms with Crippen molar-refractivity contribution in [1.82, 2.24) is 0 Å². The fourth-order valence-corrected chi connectivity index (χ4v) is 1.89. The zero-order chi connectivity index (χ0) is 23.5. The molecule has 1 aromatic rings. The third-order valence-corrected chi connectivity index (χ3v) is 3.52. The summed E-state index contributed by atoms with van der Waals surface area (Å²) in [5, 5.41) is 8.30. The number of hydrogen-bond donors (Lipinski definition) is 0. The van der Waals surface area contributed by atoms with E-state index in [0.29, 0.717) is 12.1 Å². The van der Waals surface area contributed by atoms with Crippen LogP contribution in [0.5, 0.6) is 5.75 Å². The van der Waals surface area contributed by atoms with Crippen LogP contribution in [-0.2, 0) is 0 Å². The lowest BCUT2D eigenvalue weighted by atomic mass is 9.97. The largest absolute Gasteiger partial charge is 0.471 e. The molecular formula is C16H9F12NO. The number of ether oxygens (including phenoxy) is 1. The Morgan fingerprint density at radius 3 is 1.77 bits per heavy atom. The minimum atomic E-state index is -7.35. The van der Waals surface area contributed by atoms with Gasteiger partial charge in [-0.3, -0.25) is 0 Å². The van der Waals surface area contributed by atoms with Gasteiger partial charge in [-0.05, 0) is 23.8 Å². The van der Waals surface area contributed by atoms with Gasteiger partial charge >= 0.3 is 23.9 Å². The average Bonchev–Trinajstić information content (AvgIpc) is 2.65. The molecule has 0 spiro atoms. The molecule has 30 heavy (non-hydrogen) atoms. The maximum Gasteiger partial charge on any atom is 0.471 e. The van der Waals surface area contributed by atoms with Crippen LogP contribution in [-0.4, -0.2) is 42.6 Å². The Labute approximate surface area is 160 Å². The average molecular weight is 459 g/mol. The van der Waals surface area contributed by atoms with Crippen LogP contribution in [0.2, 0.25) is 0 Å². The summed E-state index contributed by atoms with van der Waals surface area (Å²) in [6.07, 6.45) is -18.9. The van der Waals surface area contributed by atoms with Crippen molar-refractivity contribution in [1.29, 1.82) is 5.26 Å². The molecule has 0 aromatic heterocycles. The molecule has 0 N–H and O–H groups in total. The van der Waals surface area contributed by atoms with Gasteiger partial charge in [0.2, 0.25) is 6.17 Å². The summed E-state index contributed by atoms with van der Waals surface area (Å²) in [4.78, 5) is 0. The zero-order valence-electron chi connectivity index (χ0n) is 14.1. The Balaban J connectivity index is 3.22. The van der Waals surface area contributed by atoms with Gasteiger partial charge in [0.1, 0.15) is 5.75 Å². The lowest BCUT2D eigenvalue weighted by Gasteiger charge is -2.37. The van der Waals surface area contributed by atoms with Crippen molar-refractivity contribution in [3.63, 3.8) is 0 Å². The number of nitrogens with zero attached hydrogens (tertiary/aromatic N) is 1. The molecule has 1 aromatic carbocycles. The van der Waals surface area contributed by atoms with Crippen LogP contribution in [0.4, 0.5) is 52.7 Å². The summed E-state index contributed by atoms with van der Waals surface area (Å²) < 4.78 is 161. The number of nitriles is 1. The summed E-state index contributed by atoms with van der Waals surface area (Å²) in [5.41, 5.74) is 0.136. The highest BCUT2D eigenvalue weighted by Crippen LogP contribution is 2.55. The van der Waals surface area contributed by atoms with E-state index in [0.717, 1.165) is 24.3 Å². The van der Waals surface area contributed by atoms with Crippen LogP contribution in [0.3, 0.4) is 0 Å². The fraction of sp³-hybridized carbons (Fsp3) is 0.438. The highest BCUT2D eigenvalue weighted by molar-refractivity contribution is 5.52. The standard InChI is InChI=1S/C16H9F12NO/c17-10(12(19)20)11(18)13(21,22)14(23,24)15(25,26)16(27,28)30-9-5-3-8(4-6-9)2-1-7-29/h1-6,10-12H. The number of allylic oxidation sites excluding steroid dienone is 1. The quantitative estimate of drug-likeness (QED) is 0.333. The third kappa shape index (κ3) is 4.59. The van der Waals surface area contributed by atoms with Crippen LogP contribution < -0.4 is 4.74 Å². The minimum absolute atomic E-state index is 0.136. The van der Waals surface area contributed by atoms with Crippen molar-refractivity contribution >= 4 is 6.08 Å². The second-order valence-corrected chi connectivity index (χ2v) is 5.60. The molecule has 0 heterocycles. The Morgan fingerprint density at radius 2 is 1.33 bits per heavy atom. The van der Waals surface area contributed by atoms with Crippen LogP contribution in [0.15, 0.2) is 30.3 Å². The second-order valence-electron chi connectivity index (χ2n) is 5.60. The molecule has 2 unspecified atom stereocenters. The smallest absolute Gasteiger partial charge is 0.428 e. The molecule has 0 aliphatic carbocycles. The van der Waals surface area contributed by atoms with Crippen LogP contribution in [0.25, 0.3) is 6.08 Å². The molecular weight excluding hydrogens is 450 g/mol. The van der Waals surface area contributed by atoms with Crippen molar-refractivity contribution in [3.8, 4) is 11.8 Å². The fourth-order valence-electron chi connectivity index (χ4n) is 1.89. The summed E-state index contributed by atoms with van der Waals surface area (Å²) in [5.74, 6) is -22.7. The molecule has 0 bridgehead atoms. The van der Waals surface area contributed by atoms with Gasteiger partial charge in [0.15, 0.2) is 6.17 Å². The van der Waals surface area contributed by atoms with Gasteiger partial charge in [-0.1, -0.05) is 12.1 Å². The van der Waals surface area contributed by atoms with E-state index >= 15 is 0 Å². The summed E-state index contributed by atoms with van der Waals surface area (Å²) in [6, 6.07) is 4.36. The lowest BCUT2D eigenvalue weighted by Crippen LogP contribution is -2.67. The topological polar surface area (TPSA) is 33.0 Å². The van der Waals surface area contributed by atoms with Gasteiger partial charge in [0, 0.05) is 6.08 Å². The van der Waals surface area contributed by atoms with E-state index in [1.165, 1.54) is 0 Å². The maximum absolute atomic E-state index is 13.6. The van der Waals surface area contributed by atoms with Crippen molar-refractivity contribution in [3.05, 3.63) is 35.9 Å². The normalized spacial score (nSPS) is 15.9. The number of halogens is 12. The van der Waals surface area contributed by atoms with Crippen molar-refractivity contribution in [2.24, 2.45) is 0 Å². The number of rotatable bonds is 9. The van der Waals surface area contributed by atoms with Gasteiger partial charge in [0.25, 0.3) is 6.43 Å². The first kappa shape index (κ1) is 25.4. The molecule has 0 saturated carbocycles. The lowest BCUT2D eigenvalue weighted by molar-refractivity contribution is -0.416. The highest BCUT2D eigenvalue weighted by atomic mass is 19.4. The van der Waals surface area contributed by atoms with Gasteiger partial charge < -0.3 is 4.74 Å². The van der Waals surface area contributed by atoms with Crippen LogP contribution in [0.1, 0.15) is 5.56 Å². The molecule has 168 valence electrons. The van der Waals surface area contributed by atoms with Crippen LogP contribution >= 0.6 is 0 Å². The number of benzene rings is 1. The van der Waals surface area contributed by atoms with E-state index in [-0.39, 0.29) is 5.56 Å². The molecule has 0 amide bonds. The maximum atomic E-state index is 13.6. The monoisotopic (exact) mass is 459 g/mol. The molecule has 0 fully saturated rings. The van der Waals surface area contributed by atoms with Crippen molar-refractivity contribution in [2.75, 3.05) is 0 Å². The third-order valence-electron chi connectivity index (χ3n) is 3.52. The Morgan fingerprint density at radius 1 is 0.833 bits per heavy atom.